The molecule has 0 bridgehead atoms. The van der Waals surface area contributed by atoms with Gasteiger partial charge in [-0.1, -0.05) is 32.1 Å². The van der Waals surface area contributed by atoms with Gasteiger partial charge < -0.3 is 94.6 Å². The third-order valence-electron chi connectivity index (χ3n) is 16.5. The number of imidazole rings is 2. The van der Waals surface area contributed by atoms with E-state index in [1.165, 1.54) is 101 Å². The van der Waals surface area contributed by atoms with Gasteiger partial charge >= 0.3 is 0 Å². The normalized spacial score (nSPS) is 12.6. The van der Waals surface area contributed by atoms with Gasteiger partial charge in [0.2, 0.25) is 11.7 Å². The van der Waals surface area contributed by atoms with Crippen molar-refractivity contribution in [1.29, 1.82) is 0 Å². The van der Waals surface area contributed by atoms with Gasteiger partial charge in [0, 0.05) is 138 Å². The van der Waals surface area contributed by atoms with Gasteiger partial charge in [-0.3, -0.25) is 43.2 Å². The van der Waals surface area contributed by atoms with Crippen LogP contribution in [0.25, 0.3) is 0 Å². The Balaban J connectivity index is 0.668. The molecule has 0 spiro atoms. The Bertz CT molecular complexity index is 4120. The minimum absolute atomic E-state index is 0.00280. The Morgan fingerprint density at radius 2 is 0.768 bits per heavy atom. The average molecular weight is 1300 g/mol. The monoisotopic (exact) mass is 1300 g/mol. The number of aromatic nitrogens is 10. The number of amides is 9. The molecule has 0 aliphatic heterocycles. The Labute approximate surface area is 549 Å². The molecule has 8 aromatic rings. The Hall–Kier alpha value is -10.8. The summed E-state index contributed by atoms with van der Waals surface area (Å²) in [6, 6.07) is 9.80. The van der Waals surface area contributed by atoms with Gasteiger partial charge in [-0.05, 0) is 95.2 Å². The number of hydrogen-bond acceptors (Lipinski definition) is 13. The zero-order chi connectivity index (χ0) is 68.0. The third kappa shape index (κ3) is 18.1. The van der Waals surface area contributed by atoms with Gasteiger partial charge in [0.25, 0.3) is 47.3 Å². The van der Waals surface area contributed by atoms with Crippen molar-refractivity contribution in [2.45, 2.75) is 76.7 Å². The van der Waals surface area contributed by atoms with Crippen molar-refractivity contribution in [3.8, 4) is 0 Å². The molecule has 0 atom stereocenters. The Kier molecular flexibility index (Phi) is 22.6. The maximum Gasteiger partial charge on any atom is 0.291 e. The topological polar surface area (TPSA) is 342 Å². The van der Waals surface area contributed by atoms with Gasteiger partial charge in [-0.25, -0.2) is 9.97 Å². The predicted molar refractivity (Wildman–Crippen MR) is 360 cm³/mol. The van der Waals surface area contributed by atoms with Crippen LogP contribution in [-0.4, -0.2) is 150 Å². The lowest BCUT2D eigenvalue weighted by atomic mass is 9.97. The summed E-state index contributed by atoms with van der Waals surface area (Å²) in [6.07, 6.45) is 25.6. The molecule has 504 valence electrons. The van der Waals surface area contributed by atoms with Crippen LogP contribution >= 0.6 is 0 Å². The van der Waals surface area contributed by atoms with Gasteiger partial charge in [-0.15, -0.1) is 0 Å². The van der Waals surface area contributed by atoms with Crippen LogP contribution in [0.3, 0.4) is 0 Å². The largest absolute Gasteiger partial charge is 0.351 e. The fraction of sp³-hybridized carbons (Fsp3) is 0.400. The maximum absolute atomic E-state index is 13.6. The molecule has 0 unspecified atom stereocenters. The van der Waals surface area contributed by atoms with E-state index in [0.29, 0.717) is 46.7 Å². The molecular weight excluding hydrogens is 1220 g/mol. The van der Waals surface area contributed by atoms with E-state index in [-0.39, 0.29) is 76.9 Å². The fourth-order valence-corrected chi connectivity index (χ4v) is 11.4. The molecule has 1 aliphatic carbocycles. The van der Waals surface area contributed by atoms with Crippen LogP contribution in [-0.2, 0) is 61.2 Å². The lowest BCUT2D eigenvalue weighted by Gasteiger charge is -2.22. The van der Waals surface area contributed by atoms with Crippen LogP contribution < -0.4 is 53.2 Å². The van der Waals surface area contributed by atoms with Crippen molar-refractivity contribution >= 4 is 93.1 Å². The van der Waals surface area contributed by atoms with Crippen LogP contribution in [0, 0.1) is 0 Å². The van der Waals surface area contributed by atoms with E-state index in [0.717, 1.165) is 32.5 Å². The van der Waals surface area contributed by atoms with Crippen LogP contribution in [0.4, 0.5) is 39.9 Å². The summed E-state index contributed by atoms with van der Waals surface area (Å²) in [5, 5.41) is 28.9. The van der Waals surface area contributed by atoms with Crippen molar-refractivity contribution in [2.24, 2.45) is 56.4 Å². The highest BCUT2D eigenvalue weighted by Gasteiger charge is 2.24. The van der Waals surface area contributed by atoms with E-state index in [2.05, 4.69) is 75.1 Å². The first-order valence-corrected chi connectivity index (χ1v) is 31.6. The standard InChI is InChI=1S/C65H85N21O9/c1-78(25-16-22-66-41-18-13-11-10-12-14-19-41)26-17-23-69-59(89)49-29-43(35-81(49)4)71-61(91)51-31-45(37-83(51)6)73-63(93)53-33-47(39-85(53)8)75-65(95)57-77-54(40-86(57)9)76-55(87)20-15-21-68-58(88)48-28-42(34-80(48)3)70-60(90)50-30-44(36-82(50)5)72-62(92)52-32-46(38-84(52)7)74-64(94)56-67-24-27-79(56)2/h24,27-41,66H,10-23,25-26H2,1-9H3,(H,68,88)(H,69,89)(H,70,90)(H,71,91)(H,72,92)(H,73,93)(H,74,94)(H,75,95)(H,76,87). The summed E-state index contributed by atoms with van der Waals surface area (Å²) in [5.41, 5.74) is 3.66. The summed E-state index contributed by atoms with van der Waals surface area (Å²) in [6.45, 7) is 3.51. The zero-order valence-corrected chi connectivity index (χ0v) is 55.1. The van der Waals surface area contributed by atoms with E-state index in [9.17, 15) is 43.2 Å². The number of nitrogens with zero attached hydrogens (tertiary/aromatic N) is 11. The van der Waals surface area contributed by atoms with E-state index >= 15 is 0 Å². The smallest absolute Gasteiger partial charge is 0.291 e. The minimum atomic E-state index is -0.615. The Morgan fingerprint density at radius 1 is 0.411 bits per heavy atom. The second-order valence-electron chi connectivity index (χ2n) is 24.2. The molecule has 1 fully saturated rings. The van der Waals surface area contributed by atoms with E-state index in [1.807, 2.05) is 0 Å². The molecule has 10 N–H and O–H groups in total. The first-order valence-electron chi connectivity index (χ1n) is 31.6. The molecule has 0 radical (unpaired) electrons. The summed E-state index contributed by atoms with van der Waals surface area (Å²) in [5.74, 6) is -3.83. The molecule has 30 heteroatoms. The second-order valence-corrected chi connectivity index (χ2v) is 24.2. The number of carbonyl (C=O) groups is 9. The molecule has 1 saturated carbocycles. The molecule has 8 heterocycles. The molecular formula is C65H85N21O9. The van der Waals surface area contributed by atoms with E-state index in [4.69, 9.17) is 0 Å². The lowest BCUT2D eigenvalue weighted by Crippen LogP contribution is -2.33. The van der Waals surface area contributed by atoms with Crippen molar-refractivity contribution < 1.29 is 43.2 Å². The van der Waals surface area contributed by atoms with Crippen LogP contribution in [0.1, 0.15) is 155 Å². The first kappa shape index (κ1) is 68.6. The van der Waals surface area contributed by atoms with Gasteiger partial charge in [0.15, 0.2) is 11.6 Å². The number of aryl methyl sites for hydroxylation is 8. The maximum atomic E-state index is 13.6. The summed E-state index contributed by atoms with van der Waals surface area (Å²) in [7, 11) is 15.4. The highest BCUT2D eigenvalue weighted by Crippen LogP contribution is 2.24. The number of hydrogen-bond donors (Lipinski definition) is 10. The number of carbonyl (C=O) groups excluding carboxylic acids is 9. The second kappa shape index (κ2) is 31.2. The Morgan fingerprint density at radius 3 is 1.17 bits per heavy atom. The van der Waals surface area contributed by atoms with Crippen LogP contribution in [0.15, 0.2) is 92.2 Å². The van der Waals surface area contributed by atoms with E-state index < -0.39 is 47.3 Å². The van der Waals surface area contributed by atoms with Crippen molar-refractivity contribution in [2.75, 3.05) is 77.0 Å². The van der Waals surface area contributed by atoms with Crippen LogP contribution in [0.2, 0.25) is 0 Å². The minimum Gasteiger partial charge on any atom is -0.351 e. The SMILES string of the molecule is CN(CCCNC(=O)c1cc(NC(=O)c2cc(NC(=O)c3cc(NC(=O)c4nc(NC(=O)CCCNC(=O)c5cc(NC(=O)c6cc(NC(=O)c7cc(NC(=O)c8nccn8C)cn7C)cn6C)cn5C)cn4C)cn3C)cn2C)cn1C)CCCNC1CCCCCCC1. The molecule has 0 aromatic carbocycles. The molecule has 1 aliphatic rings. The predicted octanol–water partition coefficient (Wildman–Crippen LogP) is 5.99. The molecule has 95 heavy (non-hydrogen) atoms. The van der Waals surface area contributed by atoms with Crippen molar-refractivity contribution in [3.05, 3.63) is 138 Å². The summed E-state index contributed by atoms with van der Waals surface area (Å²) in [4.78, 5) is 130. The molecule has 9 rings (SSSR count). The first-order chi connectivity index (χ1) is 45.5. The van der Waals surface area contributed by atoms with Gasteiger partial charge in [0.05, 0.1) is 34.1 Å². The highest BCUT2D eigenvalue weighted by atomic mass is 16.2. The summed E-state index contributed by atoms with van der Waals surface area (Å²) >= 11 is 0. The van der Waals surface area contributed by atoms with Gasteiger partial charge in [0.1, 0.15) is 34.2 Å². The molecule has 9 amide bonds. The van der Waals surface area contributed by atoms with Crippen molar-refractivity contribution in [3.63, 3.8) is 0 Å². The average Bonchev–Trinajstić information content (AvgIpc) is 1.70. The molecule has 8 aromatic heterocycles. The number of anilines is 7. The number of nitrogens with one attached hydrogen (secondary N) is 10. The molecule has 30 nitrogen and oxygen atoms in total. The quantitative estimate of drug-likeness (QED) is 0.0252. The molecule has 0 saturated heterocycles. The fourth-order valence-electron chi connectivity index (χ4n) is 11.4. The summed E-state index contributed by atoms with van der Waals surface area (Å²) < 4.78 is 12.4. The van der Waals surface area contributed by atoms with Crippen molar-refractivity contribution in [1.82, 2.24) is 67.4 Å². The third-order valence-corrected chi connectivity index (χ3v) is 16.5. The zero-order valence-electron chi connectivity index (χ0n) is 55.1. The van der Waals surface area contributed by atoms with Gasteiger partial charge in [-0.2, -0.15) is 0 Å². The van der Waals surface area contributed by atoms with E-state index in [1.54, 1.807) is 129 Å². The lowest BCUT2D eigenvalue weighted by molar-refractivity contribution is -0.116. The highest BCUT2D eigenvalue weighted by molar-refractivity contribution is 6.10. The number of rotatable bonds is 28. The van der Waals surface area contributed by atoms with Crippen LogP contribution in [0.5, 0.6) is 0 Å².